The number of halogens is 1. The smallest absolute Gasteiger partial charge is 0.0994 e. The van der Waals surface area contributed by atoms with Crippen LogP contribution in [0.4, 0.5) is 0 Å². The maximum absolute atomic E-state index is 5.92. The van der Waals surface area contributed by atoms with Crippen molar-refractivity contribution in [1.29, 1.82) is 0 Å². The van der Waals surface area contributed by atoms with E-state index in [-0.39, 0.29) is 0 Å². The molecule has 4 heteroatoms. The molecule has 0 spiro atoms. The summed E-state index contributed by atoms with van der Waals surface area (Å²) in [6.07, 6.45) is 3.79. The lowest BCUT2D eigenvalue weighted by Crippen LogP contribution is -2.20. The van der Waals surface area contributed by atoms with Crippen molar-refractivity contribution in [3.63, 3.8) is 0 Å². The fourth-order valence-corrected chi connectivity index (χ4v) is 2.98. The Morgan fingerprint density at radius 1 is 1.32 bits per heavy atom. The predicted molar refractivity (Wildman–Crippen MR) is 82.6 cm³/mol. The molecule has 1 aromatic carbocycles. The Balaban J connectivity index is 2.49. The van der Waals surface area contributed by atoms with Gasteiger partial charge < -0.3 is 10.3 Å². The van der Waals surface area contributed by atoms with E-state index in [9.17, 15) is 0 Å². The minimum atomic E-state index is 0.321. The molecule has 0 bridgehead atoms. The number of rotatable bonds is 4. The van der Waals surface area contributed by atoms with Gasteiger partial charge in [-0.3, -0.25) is 0 Å². The van der Waals surface area contributed by atoms with Crippen LogP contribution < -0.4 is 5.73 Å². The number of aromatic nitrogens is 2. The lowest BCUT2D eigenvalue weighted by Gasteiger charge is -2.21. The van der Waals surface area contributed by atoms with E-state index < -0.39 is 0 Å². The maximum Gasteiger partial charge on any atom is 0.0994 e. The summed E-state index contributed by atoms with van der Waals surface area (Å²) in [6, 6.07) is 6.36. The highest BCUT2D eigenvalue weighted by Gasteiger charge is 2.19. The second-order valence-electron chi connectivity index (χ2n) is 5.26. The normalized spacial score (nSPS) is 12.9. The van der Waals surface area contributed by atoms with Gasteiger partial charge in [0.25, 0.3) is 0 Å². The molecule has 0 amide bonds. The third-order valence-electron chi connectivity index (χ3n) is 3.41. The van der Waals surface area contributed by atoms with Gasteiger partial charge in [-0.15, -0.1) is 0 Å². The highest BCUT2D eigenvalue weighted by Crippen LogP contribution is 2.27. The molecule has 1 heterocycles. The molecule has 0 saturated carbocycles. The number of hydrogen-bond acceptors (Lipinski definition) is 2. The molecule has 0 aliphatic rings. The zero-order chi connectivity index (χ0) is 14.0. The first kappa shape index (κ1) is 14.3. The molecule has 3 nitrogen and oxygen atoms in total. The number of benzene rings is 1. The Morgan fingerprint density at radius 2 is 2.05 bits per heavy atom. The molecule has 2 N–H and O–H groups in total. The number of hydrogen-bond donors (Lipinski definition) is 1. The minimum absolute atomic E-state index is 0.321. The fraction of sp³-hybridized carbons (Fsp3) is 0.400. The van der Waals surface area contributed by atoms with Gasteiger partial charge in [-0.1, -0.05) is 29.8 Å². The Morgan fingerprint density at radius 3 is 2.63 bits per heavy atom. The second-order valence-corrected chi connectivity index (χ2v) is 6.18. The first-order chi connectivity index (χ1) is 9.02. The van der Waals surface area contributed by atoms with Crippen LogP contribution in [0.2, 0.25) is 0 Å². The summed E-state index contributed by atoms with van der Waals surface area (Å²) in [7, 11) is 0. The molecule has 0 fully saturated rings. The van der Waals surface area contributed by atoms with E-state index in [1.807, 2.05) is 12.5 Å². The Bertz CT molecular complexity index is 540. The molecular formula is C15H20BrN3. The Hall–Kier alpha value is -1.13. The van der Waals surface area contributed by atoms with E-state index in [0.717, 1.165) is 10.2 Å². The van der Waals surface area contributed by atoms with Gasteiger partial charge in [0.05, 0.1) is 6.33 Å². The van der Waals surface area contributed by atoms with Crippen LogP contribution in [0.5, 0.6) is 0 Å². The minimum Gasteiger partial charge on any atom is -0.330 e. The molecule has 2 aromatic rings. The molecule has 1 aromatic heterocycles. The van der Waals surface area contributed by atoms with Gasteiger partial charge in [-0.05, 0) is 36.6 Å². The summed E-state index contributed by atoms with van der Waals surface area (Å²) >= 11 is 3.55. The van der Waals surface area contributed by atoms with E-state index in [4.69, 9.17) is 5.73 Å². The van der Waals surface area contributed by atoms with Crippen LogP contribution in [0.25, 0.3) is 5.69 Å². The lowest BCUT2D eigenvalue weighted by molar-refractivity contribution is 0.490. The van der Waals surface area contributed by atoms with Gasteiger partial charge >= 0.3 is 0 Å². The summed E-state index contributed by atoms with van der Waals surface area (Å²) in [5.74, 6) is 0.815. The van der Waals surface area contributed by atoms with Gasteiger partial charge in [0.1, 0.15) is 0 Å². The van der Waals surface area contributed by atoms with Crippen LogP contribution >= 0.6 is 15.9 Å². The van der Waals surface area contributed by atoms with Crippen LogP contribution in [0.1, 0.15) is 31.0 Å². The van der Waals surface area contributed by atoms with Crippen molar-refractivity contribution >= 4 is 15.9 Å². The third-order valence-corrected chi connectivity index (χ3v) is 3.87. The summed E-state index contributed by atoms with van der Waals surface area (Å²) in [5.41, 5.74) is 9.44. The average molecular weight is 322 g/mol. The van der Waals surface area contributed by atoms with E-state index in [1.54, 1.807) is 0 Å². The molecule has 0 aliphatic carbocycles. The number of nitrogens with two attached hydrogens (primary N) is 1. The van der Waals surface area contributed by atoms with Crippen molar-refractivity contribution in [1.82, 2.24) is 9.55 Å². The van der Waals surface area contributed by atoms with Crippen LogP contribution in [0.3, 0.4) is 0 Å². The summed E-state index contributed by atoms with van der Waals surface area (Å²) in [5, 5.41) is 0. The monoisotopic (exact) mass is 321 g/mol. The van der Waals surface area contributed by atoms with Crippen molar-refractivity contribution in [2.45, 2.75) is 26.7 Å². The summed E-state index contributed by atoms with van der Waals surface area (Å²) in [6.45, 7) is 7.12. The first-order valence-corrected chi connectivity index (χ1v) is 7.32. The van der Waals surface area contributed by atoms with Crippen molar-refractivity contribution in [2.24, 2.45) is 11.7 Å². The lowest BCUT2D eigenvalue weighted by atomic mass is 9.93. The third kappa shape index (κ3) is 3.07. The van der Waals surface area contributed by atoms with E-state index in [2.05, 4.69) is 64.5 Å². The highest BCUT2D eigenvalue weighted by atomic mass is 79.9. The Labute approximate surface area is 123 Å². The quantitative estimate of drug-likeness (QED) is 0.934. The van der Waals surface area contributed by atoms with Crippen LogP contribution in [0.15, 0.2) is 35.2 Å². The highest BCUT2D eigenvalue weighted by molar-refractivity contribution is 9.10. The molecular weight excluding hydrogens is 302 g/mol. The maximum atomic E-state index is 5.92. The zero-order valence-electron chi connectivity index (χ0n) is 11.6. The molecule has 19 heavy (non-hydrogen) atoms. The molecule has 0 saturated heterocycles. The topological polar surface area (TPSA) is 43.8 Å². The fourth-order valence-electron chi connectivity index (χ4n) is 2.39. The van der Waals surface area contributed by atoms with Gasteiger partial charge in [-0.25, -0.2) is 4.98 Å². The molecule has 1 unspecified atom stereocenters. The van der Waals surface area contributed by atoms with Crippen molar-refractivity contribution in [2.75, 3.05) is 6.54 Å². The van der Waals surface area contributed by atoms with Crippen LogP contribution in [-0.4, -0.2) is 16.1 Å². The molecule has 2 rings (SSSR count). The standard InChI is InChI=1S/C15H20BrN3/c1-10(2)14(7-17)15-8-18-9-19(15)13-5-11(3)4-12(16)6-13/h4-6,8-10,14H,7,17H2,1-3H3. The van der Waals surface area contributed by atoms with Crippen LogP contribution in [0, 0.1) is 12.8 Å². The van der Waals surface area contributed by atoms with Crippen molar-refractivity contribution in [3.8, 4) is 5.69 Å². The van der Waals surface area contributed by atoms with Crippen molar-refractivity contribution < 1.29 is 0 Å². The van der Waals surface area contributed by atoms with Crippen LogP contribution in [-0.2, 0) is 0 Å². The Kier molecular flexibility index (Phi) is 4.42. The largest absolute Gasteiger partial charge is 0.330 e. The average Bonchev–Trinajstić information content (AvgIpc) is 2.77. The molecule has 0 aliphatic heterocycles. The van der Waals surface area contributed by atoms with Gasteiger partial charge in [0.2, 0.25) is 0 Å². The summed E-state index contributed by atoms with van der Waals surface area (Å²) < 4.78 is 3.21. The van der Waals surface area contributed by atoms with Gasteiger partial charge in [-0.2, -0.15) is 0 Å². The molecule has 0 radical (unpaired) electrons. The van der Waals surface area contributed by atoms with E-state index >= 15 is 0 Å². The van der Waals surface area contributed by atoms with Crippen molar-refractivity contribution in [3.05, 3.63) is 46.5 Å². The second kappa shape index (κ2) is 5.88. The van der Waals surface area contributed by atoms with E-state index in [1.165, 1.54) is 11.3 Å². The first-order valence-electron chi connectivity index (χ1n) is 6.52. The zero-order valence-corrected chi connectivity index (χ0v) is 13.2. The summed E-state index contributed by atoms with van der Waals surface area (Å²) in [4.78, 5) is 4.30. The van der Waals surface area contributed by atoms with Gasteiger partial charge in [0.15, 0.2) is 0 Å². The molecule has 102 valence electrons. The van der Waals surface area contributed by atoms with Gasteiger partial charge in [0, 0.05) is 34.5 Å². The number of imidazole rings is 1. The van der Waals surface area contributed by atoms with E-state index in [0.29, 0.717) is 18.4 Å². The number of nitrogens with zero attached hydrogens (tertiary/aromatic N) is 2. The number of aryl methyl sites for hydroxylation is 1. The molecule has 1 atom stereocenters. The SMILES string of the molecule is Cc1cc(Br)cc(-n2cncc2C(CN)C(C)C)c1. The predicted octanol–water partition coefficient (Wildman–Crippen LogP) is 3.64.